The van der Waals surface area contributed by atoms with Crippen LogP contribution in [0.3, 0.4) is 0 Å². The Morgan fingerprint density at radius 1 is 1.18 bits per heavy atom. The molecular formula is C22H24ClF3N4O3. The summed E-state index contributed by atoms with van der Waals surface area (Å²) < 4.78 is 50.7. The number of hydrogen-bond acceptors (Lipinski definition) is 6. The number of carbonyl (C=O) groups excluding carboxylic acids is 1. The summed E-state index contributed by atoms with van der Waals surface area (Å²) in [7, 11) is 1.55. The number of alkyl halides is 3. The van der Waals surface area contributed by atoms with E-state index < -0.39 is 24.2 Å². The van der Waals surface area contributed by atoms with E-state index in [2.05, 4.69) is 10.1 Å². The second-order valence-corrected chi connectivity index (χ2v) is 8.81. The van der Waals surface area contributed by atoms with Crippen LogP contribution in [0.2, 0.25) is 5.15 Å². The van der Waals surface area contributed by atoms with E-state index in [0.717, 1.165) is 16.3 Å². The number of halogens is 4. The van der Waals surface area contributed by atoms with Crippen LogP contribution in [-0.2, 0) is 22.5 Å². The number of ether oxygens (including phenoxy) is 2. The minimum absolute atomic E-state index is 0.0390. The summed E-state index contributed by atoms with van der Waals surface area (Å²) in [5.41, 5.74) is 0.456. The zero-order valence-electron chi connectivity index (χ0n) is 18.6. The third kappa shape index (κ3) is 6.74. The molecule has 7 nitrogen and oxygen atoms in total. The summed E-state index contributed by atoms with van der Waals surface area (Å²) in [4.78, 5) is 18.4. The van der Waals surface area contributed by atoms with Gasteiger partial charge in [0.05, 0.1) is 31.1 Å². The average molecular weight is 485 g/mol. The molecule has 0 radical (unpaired) electrons. The van der Waals surface area contributed by atoms with Crippen molar-refractivity contribution in [3.63, 3.8) is 0 Å². The molecular weight excluding hydrogens is 461 g/mol. The highest BCUT2D eigenvalue weighted by Gasteiger charge is 2.31. The Morgan fingerprint density at radius 2 is 1.85 bits per heavy atom. The van der Waals surface area contributed by atoms with Crippen LogP contribution in [0.5, 0.6) is 5.75 Å². The smallest absolute Gasteiger partial charge is 0.394 e. The fraction of sp³-hybridized carbons (Fsp3) is 0.409. The largest absolute Gasteiger partial charge is 0.497 e. The molecule has 0 saturated carbocycles. The van der Waals surface area contributed by atoms with Crippen molar-refractivity contribution < 1.29 is 27.4 Å². The van der Waals surface area contributed by atoms with Gasteiger partial charge in [0.2, 0.25) is 0 Å². The Balaban J connectivity index is 2.03. The predicted octanol–water partition coefficient (Wildman–Crippen LogP) is 4.84. The maximum absolute atomic E-state index is 13.0. The van der Waals surface area contributed by atoms with Crippen LogP contribution < -0.4 is 9.64 Å². The van der Waals surface area contributed by atoms with E-state index in [1.54, 1.807) is 44.9 Å². The first-order chi connectivity index (χ1) is 15.3. The molecule has 2 aromatic heterocycles. The third-order valence-electron chi connectivity index (χ3n) is 4.48. The monoisotopic (exact) mass is 484 g/mol. The maximum Gasteiger partial charge on any atom is 0.394 e. The fourth-order valence-electron chi connectivity index (χ4n) is 3.23. The van der Waals surface area contributed by atoms with Crippen molar-refractivity contribution in [1.82, 2.24) is 14.6 Å². The number of aromatic nitrogens is 3. The van der Waals surface area contributed by atoms with Crippen molar-refractivity contribution in [2.24, 2.45) is 0 Å². The molecule has 0 unspecified atom stereocenters. The summed E-state index contributed by atoms with van der Waals surface area (Å²) in [5, 5.41) is 3.95. The quantitative estimate of drug-likeness (QED) is 0.447. The Bertz CT molecular complexity index is 1120. The zero-order chi connectivity index (χ0) is 24.4. The normalized spacial score (nSPS) is 12.1. The number of esters is 1. The molecule has 2 heterocycles. The minimum Gasteiger partial charge on any atom is -0.497 e. The molecule has 3 aromatic rings. The lowest BCUT2D eigenvalue weighted by Crippen LogP contribution is -2.35. The van der Waals surface area contributed by atoms with Gasteiger partial charge in [-0.25, -0.2) is 9.50 Å². The summed E-state index contributed by atoms with van der Waals surface area (Å²) in [6.07, 6.45) is -4.56. The first kappa shape index (κ1) is 24.6. The maximum atomic E-state index is 13.0. The number of hydrogen-bond donors (Lipinski definition) is 0. The lowest BCUT2D eigenvalue weighted by molar-refractivity contribution is -0.153. The summed E-state index contributed by atoms with van der Waals surface area (Å²) in [6.45, 7) is 5.30. The molecule has 0 saturated heterocycles. The van der Waals surface area contributed by atoms with Crippen LogP contribution >= 0.6 is 11.6 Å². The van der Waals surface area contributed by atoms with Crippen LogP contribution in [0.15, 0.2) is 36.5 Å². The molecule has 0 aliphatic carbocycles. The fourth-order valence-corrected chi connectivity index (χ4v) is 3.41. The van der Waals surface area contributed by atoms with Gasteiger partial charge in [-0.05, 0) is 38.5 Å². The number of fused-ring (bicyclic) bond motifs is 1. The van der Waals surface area contributed by atoms with E-state index in [9.17, 15) is 18.0 Å². The van der Waals surface area contributed by atoms with Gasteiger partial charge in [0.1, 0.15) is 17.9 Å². The lowest BCUT2D eigenvalue weighted by Gasteiger charge is -2.27. The summed E-state index contributed by atoms with van der Waals surface area (Å²) in [6, 6.07) is 8.65. The van der Waals surface area contributed by atoms with Gasteiger partial charge < -0.3 is 14.4 Å². The molecule has 11 heteroatoms. The highest BCUT2D eigenvalue weighted by atomic mass is 35.5. The van der Waals surface area contributed by atoms with Gasteiger partial charge in [-0.15, -0.1) is 0 Å². The summed E-state index contributed by atoms with van der Waals surface area (Å²) >= 11 is 6.15. The van der Waals surface area contributed by atoms with E-state index >= 15 is 0 Å². The number of methoxy groups -OCH3 is 1. The van der Waals surface area contributed by atoms with E-state index in [0.29, 0.717) is 11.4 Å². The highest BCUT2D eigenvalue weighted by Crippen LogP contribution is 2.29. The average Bonchev–Trinajstić information content (AvgIpc) is 3.07. The van der Waals surface area contributed by atoms with Crippen molar-refractivity contribution in [2.75, 3.05) is 18.6 Å². The van der Waals surface area contributed by atoms with Crippen LogP contribution in [-0.4, -0.2) is 46.0 Å². The number of anilines is 1. The van der Waals surface area contributed by atoms with Crippen LogP contribution in [0, 0.1) is 0 Å². The molecule has 178 valence electrons. The minimum atomic E-state index is -4.45. The molecule has 0 aliphatic rings. The lowest BCUT2D eigenvalue weighted by atomic mass is 10.2. The van der Waals surface area contributed by atoms with Crippen molar-refractivity contribution in [3.8, 4) is 5.75 Å². The molecule has 0 atom stereocenters. The number of carbonyl (C=O) groups is 1. The van der Waals surface area contributed by atoms with E-state index in [4.69, 9.17) is 21.1 Å². The van der Waals surface area contributed by atoms with Gasteiger partial charge in [0, 0.05) is 12.6 Å². The second kappa shape index (κ2) is 9.46. The number of imidazole rings is 1. The first-order valence-electron chi connectivity index (χ1n) is 10.0. The summed E-state index contributed by atoms with van der Waals surface area (Å²) in [5.74, 6) is 0.154. The van der Waals surface area contributed by atoms with Gasteiger partial charge in [0.25, 0.3) is 0 Å². The third-order valence-corrected chi connectivity index (χ3v) is 4.67. The molecule has 1 aromatic carbocycles. The molecule has 0 fully saturated rings. The second-order valence-electron chi connectivity index (χ2n) is 8.42. The Kier molecular flexibility index (Phi) is 7.06. The number of benzene rings is 1. The Hall–Kier alpha value is -3.01. The molecule has 0 bridgehead atoms. The van der Waals surface area contributed by atoms with Gasteiger partial charge in [-0.2, -0.15) is 18.3 Å². The predicted molar refractivity (Wildman–Crippen MR) is 118 cm³/mol. The van der Waals surface area contributed by atoms with E-state index in [-0.39, 0.29) is 29.6 Å². The Labute approximate surface area is 194 Å². The highest BCUT2D eigenvalue weighted by molar-refractivity contribution is 6.29. The standard InChI is InChI=1S/C22H24ClF3N4O3/c1-21(2,3)33-19(31)13-29(12-14-5-7-16(32-4)8-6-14)17-9-18(23)28-30-15(10-22(24,25)26)11-27-20(17)30/h5-9,11H,10,12-13H2,1-4H3. The van der Waals surface area contributed by atoms with Gasteiger partial charge in [-0.1, -0.05) is 23.7 Å². The molecule has 33 heavy (non-hydrogen) atoms. The topological polar surface area (TPSA) is 69.0 Å². The molecule has 0 aliphatic heterocycles. The SMILES string of the molecule is COc1ccc(CN(CC(=O)OC(C)(C)C)c2cc(Cl)nn3c(CC(F)(F)F)cnc23)cc1. The van der Waals surface area contributed by atoms with Crippen molar-refractivity contribution in [2.45, 2.75) is 45.5 Å². The van der Waals surface area contributed by atoms with Gasteiger partial charge >= 0.3 is 12.1 Å². The van der Waals surface area contributed by atoms with Crippen molar-refractivity contribution >= 4 is 28.9 Å². The molecule has 0 spiro atoms. The zero-order valence-corrected chi connectivity index (χ0v) is 19.4. The molecule has 0 N–H and O–H groups in total. The molecule has 3 rings (SSSR count). The van der Waals surface area contributed by atoms with Crippen molar-refractivity contribution in [1.29, 1.82) is 0 Å². The van der Waals surface area contributed by atoms with E-state index in [1.807, 2.05) is 12.1 Å². The van der Waals surface area contributed by atoms with E-state index in [1.165, 1.54) is 6.07 Å². The van der Waals surface area contributed by atoms with Crippen LogP contribution in [0.1, 0.15) is 32.0 Å². The van der Waals surface area contributed by atoms with Gasteiger partial charge in [-0.3, -0.25) is 4.79 Å². The molecule has 0 amide bonds. The number of rotatable bonds is 7. The number of nitrogens with zero attached hydrogens (tertiary/aromatic N) is 4. The first-order valence-corrected chi connectivity index (χ1v) is 10.4. The van der Waals surface area contributed by atoms with Gasteiger partial charge in [0.15, 0.2) is 10.8 Å². The van der Waals surface area contributed by atoms with Crippen molar-refractivity contribution in [3.05, 3.63) is 52.9 Å². The Morgan fingerprint density at radius 3 is 2.42 bits per heavy atom. The van der Waals surface area contributed by atoms with Crippen LogP contribution in [0.4, 0.5) is 18.9 Å². The van der Waals surface area contributed by atoms with Crippen LogP contribution in [0.25, 0.3) is 5.65 Å².